The zero-order chi connectivity index (χ0) is 12.6. The zero-order valence-electron chi connectivity index (χ0n) is 9.37. The molecule has 0 fully saturated rings. The van der Waals surface area contributed by atoms with Gasteiger partial charge in [-0.1, -0.05) is 0 Å². The number of nitrogens with zero attached hydrogens (tertiary/aromatic N) is 1. The van der Waals surface area contributed by atoms with E-state index in [-0.39, 0.29) is 16.2 Å². The monoisotopic (exact) mass is 249 g/mol. The van der Waals surface area contributed by atoms with Crippen molar-refractivity contribution in [3.8, 4) is 5.88 Å². The number of nitrogens with one attached hydrogen (secondary N) is 2. The molecule has 0 saturated heterocycles. The quantitative estimate of drug-likeness (QED) is 0.665. The first kappa shape index (κ1) is 11.5. The van der Waals surface area contributed by atoms with Gasteiger partial charge in [-0.05, 0) is 43.8 Å². The summed E-state index contributed by atoms with van der Waals surface area (Å²) in [6.07, 6.45) is 3.42. The second-order valence-electron chi connectivity index (χ2n) is 3.75. The molecule has 5 nitrogen and oxygen atoms in total. The molecular weight excluding hydrogens is 238 g/mol. The van der Waals surface area contributed by atoms with Crippen LogP contribution in [-0.4, -0.2) is 20.8 Å². The molecule has 1 aliphatic rings. The number of H-pyrrole nitrogens is 2. The molecule has 1 aromatic heterocycles. The van der Waals surface area contributed by atoms with E-state index in [1.807, 2.05) is 19.9 Å². The summed E-state index contributed by atoms with van der Waals surface area (Å²) < 4.78 is 0.0955. The number of aromatic nitrogens is 2. The van der Waals surface area contributed by atoms with Gasteiger partial charge in [-0.2, -0.15) is 0 Å². The van der Waals surface area contributed by atoms with Crippen LogP contribution >= 0.6 is 12.2 Å². The molecule has 3 N–H and O–H groups in total. The van der Waals surface area contributed by atoms with E-state index in [4.69, 9.17) is 12.2 Å². The molecule has 0 atom stereocenters. The normalized spacial score (nSPS) is 17.2. The molecule has 0 amide bonds. The SMILES string of the molecule is CC1=C/C(=C/c2c(O)[nH]c(=S)[nH]c2=O)C(C)=N1. The molecule has 0 bridgehead atoms. The summed E-state index contributed by atoms with van der Waals surface area (Å²) >= 11 is 4.74. The molecule has 17 heavy (non-hydrogen) atoms. The molecule has 1 aromatic rings. The van der Waals surface area contributed by atoms with Crippen molar-refractivity contribution in [1.82, 2.24) is 9.97 Å². The van der Waals surface area contributed by atoms with Crippen LogP contribution < -0.4 is 5.56 Å². The van der Waals surface area contributed by atoms with E-state index >= 15 is 0 Å². The average Bonchev–Trinajstić information content (AvgIpc) is 2.51. The largest absolute Gasteiger partial charge is 0.494 e. The van der Waals surface area contributed by atoms with Crippen LogP contribution in [-0.2, 0) is 0 Å². The molecular formula is C11H11N3O2S. The van der Waals surface area contributed by atoms with Crippen molar-refractivity contribution in [2.75, 3.05) is 0 Å². The van der Waals surface area contributed by atoms with E-state index in [9.17, 15) is 9.90 Å². The number of aliphatic imine (C=N–C) groups is 1. The first-order valence-corrected chi connectivity index (χ1v) is 5.39. The van der Waals surface area contributed by atoms with Gasteiger partial charge in [-0.15, -0.1) is 0 Å². The van der Waals surface area contributed by atoms with Crippen molar-refractivity contribution in [3.63, 3.8) is 0 Å². The summed E-state index contributed by atoms with van der Waals surface area (Å²) in [5.41, 5.74) is 2.20. The van der Waals surface area contributed by atoms with Gasteiger partial charge in [0, 0.05) is 11.4 Å². The highest BCUT2D eigenvalue weighted by Crippen LogP contribution is 2.20. The third kappa shape index (κ3) is 2.26. The van der Waals surface area contributed by atoms with Gasteiger partial charge in [0.25, 0.3) is 5.56 Å². The van der Waals surface area contributed by atoms with Crippen LogP contribution in [0.4, 0.5) is 0 Å². The van der Waals surface area contributed by atoms with Gasteiger partial charge in [0.15, 0.2) is 4.77 Å². The molecule has 2 heterocycles. The Balaban J connectivity index is 2.59. The van der Waals surface area contributed by atoms with Gasteiger partial charge in [0.1, 0.15) is 5.56 Å². The molecule has 0 saturated carbocycles. The fourth-order valence-electron chi connectivity index (χ4n) is 1.61. The zero-order valence-corrected chi connectivity index (χ0v) is 10.2. The van der Waals surface area contributed by atoms with Crippen LogP contribution in [0, 0.1) is 4.77 Å². The molecule has 6 heteroatoms. The fraction of sp³-hybridized carbons (Fsp3) is 0.182. The van der Waals surface area contributed by atoms with Gasteiger partial charge in [0.05, 0.1) is 0 Å². The number of allylic oxidation sites excluding steroid dienone is 3. The lowest BCUT2D eigenvalue weighted by molar-refractivity contribution is 0.448. The standard InChI is InChI=1S/C11H11N3O2S/c1-5-3-7(6(2)12-5)4-8-9(15)13-11(17)14-10(8)16/h3-4H,1-2H3,(H3,13,14,15,16,17)/b7-4-. The van der Waals surface area contributed by atoms with Crippen LogP contribution in [0.2, 0.25) is 0 Å². The summed E-state index contributed by atoms with van der Waals surface area (Å²) in [4.78, 5) is 20.8. The lowest BCUT2D eigenvalue weighted by Crippen LogP contribution is -2.11. The van der Waals surface area contributed by atoms with Gasteiger partial charge in [-0.25, -0.2) is 0 Å². The summed E-state index contributed by atoms with van der Waals surface area (Å²) in [6.45, 7) is 3.71. The molecule has 0 aromatic carbocycles. The van der Waals surface area contributed by atoms with E-state index in [2.05, 4.69) is 15.0 Å². The minimum atomic E-state index is -0.426. The van der Waals surface area contributed by atoms with Gasteiger partial charge < -0.3 is 10.1 Å². The maximum Gasteiger partial charge on any atom is 0.262 e. The smallest absolute Gasteiger partial charge is 0.262 e. The second-order valence-corrected chi connectivity index (χ2v) is 4.16. The highest BCUT2D eigenvalue weighted by atomic mass is 32.1. The van der Waals surface area contributed by atoms with Crippen LogP contribution in [0.15, 0.2) is 27.1 Å². The second kappa shape index (κ2) is 4.14. The van der Waals surface area contributed by atoms with Crippen molar-refractivity contribution in [3.05, 3.63) is 38.0 Å². The van der Waals surface area contributed by atoms with Crippen molar-refractivity contribution in [2.24, 2.45) is 4.99 Å². The molecule has 0 spiro atoms. The van der Waals surface area contributed by atoms with Crippen LogP contribution in [0.1, 0.15) is 19.4 Å². The Morgan fingerprint density at radius 2 is 2.12 bits per heavy atom. The number of rotatable bonds is 1. The minimum absolute atomic E-state index is 0.0955. The van der Waals surface area contributed by atoms with Crippen molar-refractivity contribution < 1.29 is 5.11 Å². The van der Waals surface area contributed by atoms with Gasteiger partial charge in [-0.3, -0.25) is 14.8 Å². The molecule has 0 aliphatic carbocycles. The Labute approximate surface area is 102 Å². The van der Waals surface area contributed by atoms with E-state index in [1.54, 1.807) is 6.08 Å². The van der Waals surface area contributed by atoms with Crippen LogP contribution in [0.3, 0.4) is 0 Å². The van der Waals surface area contributed by atoms with Crippen LogP contribution in [0.25, 0.3) is 6.08 Å². The summed E-state index contributed by atoms with van der Waals surface area (Å²) in [5.74, 6) is -0.239. The molecule has 1 aliphatic heterocycles. The number of aromatic amines is 2. The lowest BCUT2D eigenvalue weighted by Gasteiger charge is -1.99. The summed E-state index contributed by atoms with van der Waals surface area (Å²) in [5, 5.41) is 9.64. The maximum atomic E-state index is 11.6. The van der Waals surface area contributed by atoms with Crippen LogP contribution in [0.5, 0.6) is 5.88 Å². The molecule has 0 radical (unpaired) electrons. The Kier molecular flexibility index (Phi) is 2.81. The van der Waals surface area contributed by atoms with E-state index in [1.165, 1.54) is 0 Å². The number of hydrogen-bond donors (Lipinski definition) is 3. The molecule has 2 rings (SSSR count). The van der Waals surface area contributed by atoms with E-state index in [0.717, 1.165) is 17.0 Å². The predicted molar refractivity (Wildman–Crippen MR) is 68.8 cm³/mol. The predicted octanol–water partition coefficient (Wildman–Crippen LogP) is 1.90. The Hall–Kier alpha value is -1.95. The van der Waals surface area contributed by atoms with Crippen molar-refractivity contribution >= 4 is 24.0 Å². The van der Waals surface area contributed by atoms with Crippen molar-refractivity contribution in [2.45, 2.75) is 13.8 Å². The topological polar surface area (TPSA) is 81.2 Å². The van der Waals surface area contributed by atoms with Gasteiger partial charge >= 0.3 is 0 Å². The minimum Gasteiger partial charge on any atom is -0.494 e. The molecule has 0 unspecified atom stereocenters. The summed E-state index contributed by atoms with van der Waals surface area (Å²) in [6, 6.07) is 0. The van der Waals surface area contributed by atoms with Gasteiger partial charge in [0.2, 0.25) is 5.88 Å². The number of hydrogen-bond acceptors (Lipinski definition) is 4. The van der Waals surface area contributed by atoms with E-state index in [0.29, 0.717) is 0 Å². The number of aromatic hydroxyl groups is 1. The fourth-order valence-corrected chi connectivity index (χ4v) is 1.80. The summed E-state index contributed by atoms with van der Waals surface area (Å²) in [7, 11) is 0. The van der Waals surface area contributed by atoms with Crippen molar-refractivity contribution in [1.29, 1.82) is 0 Å². The first-order chi connectivity index (χ1) is 7.97. The Morgan fingerprint density at radius 1 is 1.41 bits per heavy atom. The third-order valence-electron chi connectivity index (χ3n) is 2.38. The average molecular weight is 249 g/mol. The first-order valence-electron chi connectivity index (χ1n) is 4.98. The Bertz CT molecular complexity index is 677. The molecule has 88 valence electrons. The highest BCUT2D eigenvalue weighted by Gasteiger charge is 2.11. The maximum absolute atomic E-state index is 11.6. The lowest BCUT2D eigenvalue weighted by atomic mass is 10.1. The Morgan fingerprint density at radius 3 is 2.65 bits per heavy atom. The third-order valence-corrected chi connectivity index (χ3v) is 2.59. The highest BCUT2D eigenvalue weighted by molar-refractivity contribution is 7.71. The van der Waals surface area contributed by atoms with E-state index < -0.39 is 5.56 Å².